The van der Waals surface area contributed by atoms with Crippen molar-refractivity contribution in [3.05, 3.63) is 46.0 Å². The SMILES string of the molecule is CN1CC2C3CCC(CC3)C2(c2ccc(Cl)c(Cl)c2)C1.O=C(O)C=CC(=O)O. The summed E-state index contributed by atoms with van der Waals surface area (Å²) in [5.41, 5.74) is 1.78. The lowest BCUT2D eigenvalue weighted by Crippen LogP contribution is -2.52. The summed E-state index contributed by atoms with van der Waals surface area (Å²) in [7, 11) is 2.27. The van der Waals surface area contributed by atoms with E-state index in [1.807, 2.05) is 6.07 Å². The van der Waals surface area contributed by atoms with E-state index in [1.54, 1.807) is 0 Å². The fraction of sp³-hybridized carbons (Fsp3) is 0.524. The molecule has 7 heteroatoms. The smallest absolute Gasteiger partial charge is 0.328 e. The molecule has 1 aromatic rings. The summed E-state index contributed by atoms with van der Waals surface area (Å²) in [4.78, 5) is 21.6. The molecule has 2 N–H and O–H groups in total. The van der Waals surface area contributed by atoms with Crippen LogP contribution < -0.4 is 0 Å². The number of hydrogen-bond acceptors (Lipinski definition) is 3. The topological polar surface area (TPSA) is 77.8 Å². The number of rotatable bonds is 3. The van der Waals surface area contributed by atoms with Crippen molar-refractivity contribution in [3.8, 4) is 0 Å². The maximum atomic E-state index is 9.55. The number of hydrogen-bond donors (Lipinski definition) is 2. The molecule has 0 amide bonds. The van der Waals surface area contributed by atoms with Gasteiger partial charge < -0.3 is 15.1 Å². The van der Waals surface area contributed by atoms with E-state index in [-0.39, 0.29) is 0 Å². The van der Waals surface area contributed by atoms with Crippen molar-refractivity contribution >= 4 is 35.1 Å². The van der Waals surface area contributed by atoms with Crippen LogP contribution in [0.3, 0.4) is 0 Å². The van der Waals surface area contributed by atoms with Gasteiger partial charge in [0.2, 0.25) is 0 Å². The minimum atomic E-state index is -1.26. The molecular weight excluding hydrogens is 401 g/mol. The Morgan fingerprint density at radius 1 is 1.07 bits per heavy atom. The van der Waals surface area contributed by atoms with Crippen LogP contribution in [0.15, 0.2) is 30.4 Å². The second kappa shape index (κ2) is 8.44. The van der Waals surface area contributed by atoms with E-state index < -0.39 is 11.9 Å². The minimum absolute atomic E-state index is 0.337. The Balaban J connectivity index is 0.000000242. The number of halogens is 2. The second-order valence-corrected chi connectivity index (χ2v) is 8.91. The monoisotopic (exact) mass is 425 g/mol. The van der Waals surface area contributed by atoms with E-state index in [0.29, 0.717) is 27.6 Å². The lowest BCUT2D eigenvalue weighted by atomic mass is 9.49. The number of aliphatic carboxylic acids is 2. The number of carboxylic acids is 2. The first-order chi connectivity index (χ1) is 13.2. The van der Waals surface area contributed by atoms with Gasteiger partial charge in [0, 0.05) is 30.7 Å². The molecule has 28 heavy (non-hydrogen) atoms. The maximum absolute atomic E-state index is 9.55. The molecule has 1 aliphatic heterocycles. The standard InChI is InChI=1S/C17H21Cl2N.C4H4O4/c1-20-9-14-11-2-4-12(5-3-11)17(14,10-20)13-6-7-15(18)16(19)8-13;5-3(6)1-2-4(7)8/h6-8,11-12,14H,2-5,9-10H2,1H3;1-2H,(H,5,6)(H,7,8). The van der Waals surface area contributed by atoms with Gasteiger partial charge in [-0.1, -0.05) is 29.3 Å². The molecule has 1 aromatic carbocycles. The van der Waals surface area contributed by atoms with Crippen molar-refractivity contribution in [3.63, 3.8) is 0 Å². The van der Waals surface area contributed by atoms with Gasteiger partial charge in [-0.25, -0.2) is 9.59 Å². The molecule has 3 saturated carbocycles. The molecule has 4 aliphatic rings. The van der Waals surface area contributed by atoms with Gasteiger partial charge in [0.05, 0.1) is 10.0 Å². The van der Waals surface area contributed by atoms with Crippen molar-refractivity contribution < 1.29 is 19.8 Å². The first kappa shape index (κ1) is 21.2. The molecular formula is C21H25Cl2NO4. The Morgan fingerprint density at radius 2 is 1.68 bits per heavy atom. The van der Waals surface area contributed by atoms with Crippen molar-refractivity contribution in [2.45, 2.75) is 31.1 Å². The maximum Gasteiger partial charge on any atom is 0.328 e. The number of fused-ring (bicyclic) bond motifs is 2. The molecule has 2 atom stereocenters. The third-order valence-electron chi connectivity index (χ3n) is 6.60. The van der Waals surface area contributed by atoms with Crippen LogP contribution in [0, 0.1) is 17.8 Å². The van der Waals surface area contributed by atoms with Gasteiger partial charge in [-0.2, -0.15) is 0 Å². The molecule has 0 radical (unpaired) electrons. The van der Waals surface area contributed by atoms with Crippen LogP contribution in [0.1, 0.15) is 31.2 Å². The summed E-state index contributed by atoms with van der Waals surface area (Å²) >= 11 is 12.4. The van der Waals surface area contributed by atoms with Gasteiger partial charge in [0.25, 0.3) is 0 Å². The third kappa shape index (κ3) is 4.07. The molecule has 0 spiro atoms. The fourth-order valence-corrected chi connectivity index (χ4v) is 5.93. The summed E-state index contributed by atoms with van der Waals surface area (Å²) in [6.07, 6.45) is 6.79. The van der Waals surface area contributed by atoms with Crippen LogP contribution in [0.25, 0.3) is 0 Å². The molecule has 152 valence electrons. The summed E-state index contributed by atoms with van der Waals surface area (Å²) in [5.74, 6) is 0.0520. The second-order valence-electron chi connectivity index (χ2n) is 8.09. The highest BCUT2D eigenvalue weighted by molar-refractivity contribution is 6.42. The quantitative estimate of drug-likeness (QED) is 0.704. The molecule has 3 aliphatic carbocycles. The Hall–Kier alpha value is -1.56. The lowest BCUT2D eigenvalue weighted by molar-refractivity contribution is -0.134. The van der Waals surface area contributed by atoms with Crippen LogP contribution in [0.5, 0.6) is 0 Å². The Bertz CT molecular complexity index is 773. The van der Waals surface area contributed by atoms with E-state index in [4.69, 9.17) is 33.4 Å². The number of likely N-dealkylation sites (tertiary alicyclic amines) is 1. The van der Waals surface area contributed by atoms with Crippen LogP contribution in [-0.2, 0) is 15.0 Å². The van der Waals surface area contributed by atoms with Gasteiger partial charge in [-0.05, 0) is 68.2 Å². The van der Waals surface area contributed by atoms with Gasteiger partial charge >= 0.3 is 11.9 Å². The normalized spacial score (nSPS) is 31.3. The van der Waals surface area contributed by atoms with Crippen molar-refractivity contribution in [1.82, 2.24) is 4.90 Å². The highest BCUT2D eigenvalue weighted by Gasteiger charge is 2.58. The molecule has 5 nitrogen and oxygen atoms in total. The Labute approximate surface area is 174 Å². The Morgan fingerprint density at radius 3 is 2.21 bits per heavy atom. The minimum Gasteiger partial charge on any atom is -0.478 e. The molecule has 2 unspecified atom stereocenters. The Kier molecular flexibility index (Phi) is 6.37. The van der Waals surface area contributed by atoms with Gasteiger partial charge in [0.15, 0.2) is 0 Å². The molecule has 0 aromatic heterocycles. The number of likely N-dealkylation sites (N-methyl/N-ethyl adjacent to an activating group) is 1. The van der Waals surface area contributed by atoms with Gasteiger partial charge in [-0.15, -0.1) is 0 Å². The zero-order valence-electron chi connectivity index (χ0n) is 15.8. The summed E-state index contributed by atoms with van der Waals surface area (Å²) in [6.45, 7) is 2.44. The van der Waals surface area contributed by atoms with Crippen LogP contribution in [0.4, 0.5) is 0 Å². The average Bonchev–Trinajstić information content (AvgIpc) is 3.04. The lowest BCUT2D eigenvalue weighted by Gasteiger charge is -2.54. The first-order valence-electron chi connectivity index (χ1n) is 9.52. The van der Waals surface area contributed by atoms with Crippen LogP contribution in [-0.4, -0.2) is 47.2 Å². The molecule has 2 bridgehead atoms. The van der Waals surface area contributed by atoms with Crippen molar-refractivity contribution in [2.24, 2.45) is 17.8 Å². The molecule has 1 heterocycles. The average molecular weight is 426 g/mol. The fourth-order valence-electron chi connectivity index (χ4n) is 5.63. The van der Waals surface area contributed by atoms with Gasteiger partial charge in [0.1, 0.15) is 0 Å². The highest BCUT2D eigenvalue weighted by Crippen LogP contribution is 2.60. The zero-order valence-corrected chi connectivity index (χ0v) is 17.3. The number of benzene rings is 1. The summed E-state index contributed by atoms with van der Waals surface area (Å²) in [6, 6.07) is 6.38. The van der Waals surface area contributed by atoms with Crippen LogP contribution in [0.2, 0.25) is 10.0 Å². The number of carboxylic acid groups (broad SMARTS) is 2. The predicted molar refractivity (Wildman–Crippen MR) is 109 cm³/mol. The highest BCUT2D eigenvalue weighted by atomic mass is 35.5. The van der Waals surface area contributed by atoms with Gasteiger partial charge in [-0.3, -0.25) is 0 Å². The largest absolute Gasteiger partial charge is 0.478 e. The van der Waals surface area contributed by atoms with E-state index in [9.17, 15) is 9.59 Å². The molecule has 4 fully saturated rings. The number of carbonyl (C=O) groups is 2. The van der Waals surface area contributed by atoms with E-state index in [2.05, 4.69) is 24.1 Å². The molecule has 5 rings (SSSR count). The first-order valence-corrected chi connectivity index (χ1v) is 10.3. The van der Waals surface area contributed by atoms with Crippen molar-refractivity contribution in [2.75, 3.05) is 20.1 Å². The number of nitrogens with zero attached hydrogens (tertiary/aromatic N) is 1. The zero-order chi connectivity index (χ0) is 20.5. The molecule has 1 saturated heterocycles. The van der Waals surface area contributed by atoms with E-state index in [0.717, 1.165) is 17.8 Å². The third-order valence-corrected chi connectivity index (χ3v) is 7.34. The predicted octanol–water partition coefficient (Wildman–Crippen LogP) is 4.32. The van der Waals surface area contributed by atoms with E-state index in [1.165, 1.54) is 44.3 Å². The van der Waals surface area contributed by atoms with Crippen molar-refractivity contribution in [1.29, 1.82) is 0 Å². The summed E-state index contributed by atoms with van der Waals surface area (Å²) in [5, 5.41) is 17.0. The van der Waals surface area contributed by atoms with E-state index >= 15 is 0 Å². The summed E-state index contributed by atoms with van der Waals surface area (Å²) < 4.78 is 0. The van der Waals surface area contributed by atoms with Crippen LogP contribution >= 0.6 is 23.2 Å².